The van der Waals surface area contributed by atoms with E-state index < -0.39 is 17.5 Å². The Morgan fingerprint density at radius 1 is 1.15 bits per heavy atom. The lowest BCUT2D eigenvalue weighted by Gasteiger charge is -2.35. The number of hydrogen-bond donors (Lipinski definition) is 0. The number of pyridine rings is 2. The van der Waals surface area contributed by atoms with Crippen LogP contribution in [0.25, 0.3) is 22.3 Å². The first-order valence-corrected chi connectivity index (χ1v) is 13.6. The number of esters is 2. The average Bonchev–Trinajstić information content (AvgIpc) is 3.33. The highest BCUT2D eigenvalue weighted by molar-refractivity contribution is 6.11. The number of nitrogens with zero attached hydrogens (tertiary/aromatic N) is 5. The van der Waals surface area contributed by atoms with E-state index in [2.05, 4.69) is 9.80 Å². The normalized spacial score (nSPS) is 21.1. The summed E-state index contributed by atoms with van der Waals surface area (Å²) in [4.78, 5) is 53.3. The van der Waals surface area contributed by atoms with Crippen molar-refractivity contribution in [2.75, 3.05) is 44.3 Å². The first-order valence-electron chi connectivity index (χ1n) is 13.6. The number of rotatable bonds is 5. The Morgan fingerprint density at radius 2 is 1.98 bits per heavy atom. The number of aliphatic imine (C=N–C) groups is 1. The molecular formula is C29H29N5O6. The summed E-state index contributed by atoms with van der Waals surface area (Å²) in [6, 6.07) is 7.64. The Kier molecular flexibility index (Phi) is 5.76. The van der Waals surface area contributed by atoms with Crippen molar-refractivity contribution in [3.05, 3.63) is 51.3 Å². The third-order valence-corrected chi connectivity index (χ3v) is 8.33. The van der Waals surface area contributed by atoms with Crippen molar-refractivity contribution < 1.29 is 23.8 Å². The van der Waals surface area contributed by atoms with Gasteiger partial charge in [-0.3, -0.25) is 14.5 Å². The number of anilines is 1. The summed E-state index contributed by atoms with van der Waals surface area (Å²) >= 11 is 0. The molecule has 4 aliphatic rings. The summed E-state index contributed by atoms with van der Waals surface area (Å²) in [7, 11) is 0. The summed E-state index contributed by atoms with van der Waals surface area (Å²) in [6.45, 7) is 7.94. The predicted molar refractivity (Wildman–Crippen MR) is 147 cm³/mol. The molecule has 0 unspecified atom stereocenters. The lowest BCUT2D eigenvalue weighted by Crippen LogP contribution is -2.47. The minimum atomic E-state index is -1.67. The summed E-state index contributed by atoms with van der Waals surface area (Å²) in [6.07, 6.45) is 2.00. The molecule has 0 aliphatic carbocycles. The van der Waals surface area contributed by atoms with Crippen molar-refractivity contribution in [2.24, 2.45) is 4.99 Å². The third-order valence-electron chi connectivity index (χ3n) is 8.33. The van der Waals surface area contributed by atoms with Crippen molar-refractivity contribution in [3.8, 4) is 11.4 Å². The molecule has 1 atom stereocenters. The molecule has 11 nitrogen and oxygen atoms in total. The van der Waals surface area contributed by atoms with Crippen LogP contribution >= 0.6 is 0 Å². The second kappa shape index (κ2) is 9.24. The predicted octanol–water partition coefficient (Wildman–Crippen LogP) is 2.46. The first-order chi connectivity index (χ1) is 19.4. The van der Waals surface area contributed by atoms with Crippen LogP contribution in [0.15, 0.2) is 34.1 Å². The molecule has 0 saturated carbocycles. The Balaban J connectivity index is 1.39. The van der Waals surface area contributed by atoms with E-state index in [0.717, 1.165) is 67.2 Å². The van der Waals surface area contributed by atoms with Crippen LogP contribution in [0.2, 0.25) is 0 Å². The van der Waals surface area contributed by atoms with E-state index in [1.54, 1.807) is 17.6 Å². The van der Waals surface area contributed by atoms with Gasteiger partial charge in [0.25, 0.3) is 5.56 Å². The van der Waals surface area contributed by atoms with Crippen molar-refractivity contribution in [2.45, 2.75) is 39.0 Å². The molecular weight excluding hydrogens is 514 g/mol. The van der Waals surface area contributed by atoms with Gasteiger partial charge < -0.3 is 23.7 Å². The van der Waals surface area contributed by atoms with Crippen LogP contribution < -0.4 is 10.5 Å². The molecule has 11 heteroatoms. The number of fused-ring (bicyclic) bond motifs is 5. The van der Waals surface area contributed by atoms with Gasteiger partial charge in [-0.2, -0.15) is 0 Å². The molecule has 0 radical (unpaired) electrons. The van der Waals surface area contributed by atoms with E-state index >= 15 is 0 Å². The van der Waals surface area contributed by atoms with Gasteiger partial charge in [0, 0.05) is 44.2 Å². The number of cyclic esters (lactones) is 1. The molecule has 6 heterocycles. The lowest BCUT2D eigenvalue weighted by molar-refractivity contribution is -0.188. The molecule has 2 aromatic heterocycles. The van der Waals surface area contributed by atoms with Gasteiger partial charge in [-0.25, -0.2) is 14.8 Å². The second-order valence-electron chi connectivity index (χ2n) is 10.5. The standard InChI is InChI=1S/C29H29N5O6/c1-3-29(40-17(2)35)20-13-23-25-18(14-34(23)27(36)19(20)15-39-28(29)37)26-24-21(5-4-6-22(24)31-25)30-16-33(26)8-7-32-9-11-38-12-10-32/h4-6,13,16H,3,7-12,14-15H2,1-2H3/t29-/m0/s1. The Bertz CT molecular complexity index is 1670. The van der Waals surface area contributed by atoms with Crippen molar-refractivity contribution in [1.82, 2.24) is 14.5 Å². The molecule has 3 aromatic rings. The lowest BCUT2D eigenvalue weighted by atomic mass is 9.85. The average molecular weight is 544 g/mol. The number of carbonyl (C=O) groups excluding carboxylic acids is 2. The van der Waals surface area contributed by atoms with Gasteiger partial charge in [-0.15, -0.1) is 0 Å². The third kappa shape index (κ3) is 3.61. The fourth-order valence-corrected chi connectivity index (χ4v) is 6.35. The maximum atomic E-state index is 13.9. The topological polar surface area (TPSA) is 116 Å². The molecule has 7 rings (SSSR count). The van der Waals surface area contributed by atoms with Crippen LogP contribution in [-0.2, 0) is 42.6 Å². The highest BCUT2D eigenvalue weighted by atomic mass is 16.6. The van der Waals surface area contributed by atoms with Crippen molar-refractivity contribution >= 4 is 40.6 Å². The number of morpholine rings is 1. The molecule has 0 bridgehead atoms. The quantitative estimate of drug-likeness (QED) is 0.350. The molecule has 1 aromatic carbocycles. The number of benzene rings is 1. The van der Waals surface area contributed by atoms with E-state index in [1.807, 2.05) is 24.5 Å². The van der Waals surface area contributed by atoms with Crippen LogP contribution in [-0.4, -0.2) is 72.1 Å². The Hall–Kier alpha value is -4.09. The Morgan fingerprint density at radius 3 is 2.75 bits per heavy atom. The molecule has 0 N–H and O–H groups in total. The Labute approximate surface area is 230 Å². The minimum absolute atomic E-state index is 0.139. The summed E-state index contributed by atoms with van der Waals surface area (Å²) in [5.74, 6) is -1.29. The number of aromatic nitrogens is 2. The van der Waals surface area contributed by atoms with Gasteiger partial charge in [0.1, 0.15) is 6.61 Å². The van der Waals surface area contributed by atoms with Crippen LogP contribution in [0.1, 0.15) is 37.0 Å². The SMILES string of the molecule is CC[C@@]1(OC(C)=O)C(=O)OCc2c1cc1n(c2=O)Cc2c-1nc1cccc3c1c2N(CCN1CCOCC1)C=N3. The summed E-state index contributed by atoms with van der Waals surface area (Å²) in [5.41, 5.74) is 3.56. The number of ether oxygens (including phenoxy) is 3. The fraction of sp³-hybridized carbons (Fsp3) is 0.414. The minimum Gasteiger partial charge on any atom is -0.457 e. The van der Waals surface area contributed by atoms with Crippen molar-refractivity contribution in [1.29, 1.82) is 0 Å². The molecule has 1 saturated heterocycles. The van der Waals surface area contributed by atoms with Gasteiger partial charge >= 0.3 is 11.9 Å². The van der Waals surface area contributed by atoms with Crippen LogP contribution in [0, 0.1) is 0 Å². The van der Waals surface area contributed by atoms with Crippen LogP contribution in [0.5, 0.6) is 0 Å². The largest absolute Gasteiger partial charge is 0.457 e. The molecule has 1 fully saturated rings. The zero-order valence-electron chi connectivity index (χ0n) is 22.4. The zero-order valence-corrected chi connectivity index (χ0v) is 22.4. The molecule has 206 valence electrons. The smallest absolute Gasteiger partial charge is 0.355 e. The van der Waals surface area contributed by atoms with Crippen molar-refractivity contribution in [3.63, 3.8) is 0 Å². The monoisotopic (exact) mass is 543 g/mol. The van der Waals surface area contributed by atoms with Crippen LogP contribution in [0.4, 0.5) is 11.4 Å². The molecule has 0 amide bonds. The zero-order chi connectivity index (χ0) is 27.6. The summed E-state index contributed by atoms with van der Waals surface area (Å²) in [5, 5.41) is 0.956. The highest BCUT2D eigenvalue weighted by Gasteiger charge is 2.50. The maximum absolute atomic E-state index is 13.9. The van der Waals surface area contributed by atoms with E-state index in [9.17, 15) is 14.4 Å². The van der Waals surface area contributed by atoms with E-state index in [1.165, 1.54) is 6.92 Å². The van der Waals surface area contributed by atoms with Gasteiger partial charge in [0.2, 0.25) is 5.60 Å². The number of hydrogen-bond acceptors (Lipinski definition) is 10. The van der Waals surface area contributed by atoms with E-state index in [-0.39, 0.29) is 18.6 Å². The van der Waals surface area contributed by atoms with Gasteiger partial charge in [-0.1, -0.05) is 13.0 Å². The molecule has 40 heavy (non-hydrogen) atoms. The second-order valence-corrected chi connectivity index (χ2v) is 10.5. The highest BCUT2D eigenvalue weighted by Crippen LogP contribution is 2.46. The first kappa shape index (κ1) is 24.9. The number of carbonyl (C=O) groups is 2. The van der Waals surface area contributed by atoms with Crippen LogP contribution in [0.3, 0.4) is 0 Å². The molecule has 0 spiro atoms. The van der Waals surface area contributed by atoms with Gasteiger partial charge in [-0.05, 0) is 24.6 Å². The van der Waals surface area contributed by atoms with E-state index in [0.29, 0.717) is 29.1 Å². The fourth-order valence-electron chi connectivity index (χ4n) is 6.35. The maximum Gasteiger partial charge on any atom is 0.355 e. The van der Waals surface area contributed by atoms with E-state index in [4.69, 9.17) is 24.2 Å². The molecule has 4 aliphatic heterocycles. The van der Waals surface area contributed by atoms with Gasteiger partial charge in [0.15, 0.2) is 0 Å². The summed E-state index contributed by atoms with van der Waals surface area (Å²) < 4.78 is 18.2. The van der Waals surface area contributed by atoms with Gasteiger partial charge in [0.05, 0.1) is 65.3 Å².